The molecule has 5 N–H and O–H groups in total. The third-order valence-corrected chi connectivity index (χ3v) is 3.87. The first-order valence-corrected chi connectivity index (χ1v) is 8.53. The van der Waals surface area contributed by atoms with E-state index in [1.807, 2.05) is 0 Å². The molecule has 0 spiro atoms. The van der Waals surface area contributed by atoms with Crippen LogP contribution in [-0.2, 0) is 11.0 Å². The number of hydrogen-bond donors (Lipinski definition) is 5. The van der Waals surface area contributed by atoms with Crippen LogP contribution in [0.25, 0.3) is 0 Å². The van der Waals surface area contributed by atoms with E-state index in [0.717, 1.165) is 5.56 Å². The van der Waals surface area contributed by atoms with Crippen molar-refractivity contribution in [3.05, 3.63) is 53.3 Å². The first kappa shape index (κ1) is 17.4. The van der Waals surface area contributed by atoms with Crippen molar-refractivity contribution < 1.29 is 29.7 Å². The number of aliphatic hydroxyl groups excluding tert-OH is 2. The third-order valence-electron chi connectivity index (χ3n) is 3.37. The molecule has 0 aliphatic heterocycles. The Hall–Kier alpha value is -1.92. The minimum Gasteiger partial charge on any atom is -0.508 e. The van der Waals surface area contributed by atoms with Crippen molar-refractivity contribution in [1.82, 2.24) is 0 Å². The molecule has 1 aromatic carbocycles. The van der Waals surface area contributed by atoms with Crippen LogP contribution in [-0.4, -0.2) is 36.9 Å². The summed E-state index contributed by atoms with van der Waals surface area (Å²) in [5.41, 5.74) is 1.06. The summed E-state index contributed by atoms with van der Waals surface area (Å²) in [6.45, 7) is 0. The molecule has 0 bridgehead atoms. The fraction of sp³-hybridized carbons (Fsp3) is 0.267. The molecular weight excluding hydrogens is 321 g/mol. The maximum absolute atomic E-state index is 11.1. The predicted molar refractivity (Wildman–Crippen MR) is 85.3 cm³/mol. The van der Waals surface area contributed by atoms with Crippen molar-refractivity contribution in [3.8, 4) is 5.75 Å². The van der Waals surface area contributed by atoms with Crippen molar-refractivity contribution in [2.45, 2.75) is 25.4 Å². The molecule has 2 rings (SSSR count). The van der Waals surface area contributed by atoms with Crippen LogP contribution in [0, 0.1) is 0 Å². The van der Waals surface area contributed by atoms with E-state index in [4.69, 9.17) is 9.79 Å². The number of hydrogen-bond acceptors (Lipinski definition) is 4. The smallest absolute Gasteiger partial charge is 0.448 e. The summed E-state index contributed by atoms with van der Waals surface area (Å²) >= 11 is 0. The average Bonchev–Trinajstić information content (AvgIpc) is 2.45. The van der Waals surface area contributed by atoms with E-state index in [9.17, 15) is 19.9 Å². The summed E-state index contributed by atoms with van der Waals surface area (Å²) in [4.78, 5) is 18.0. The van der Waals surface area contributed by atoms with Crippen molar-refractivity contribution >= 4 is 13.5 Å². The van der Waals surface area contributed by atoms with Gasteiger partial charge in [0.05, 0.1) is 11.8 Å². The monoisotopic (exact) mass is 339 g/mol. The SMILES string of the molecule is O=P(O)(O)N=C1CC=C(O)C=C1C(O)CCc1cccc(O)c1. The highest BCUT2D eigenvalue weighted by molar-refractivity contribution is 7.50. The van der Waals surface area contributed by atoms with Gasteiger partial charge >= 0.3 is 7.75 Å². The summed E-state index contributed by atoms with van der Waals surface area (Å²) in [5.74, 6) is 0.0410. The number of benzene rings is 1. The van der Waals surface area contributed by atoms with Crippen LogP contribution >= 0.6 is 7.75 Å². The van der Waals surface area contributed by atoms with E-state index in [1.165, 1.54) is 18.2 Å². The van der Waals surface area contributed by atoms with Gasteiger partial charge in [-0.2, -0.15) is 4.76 Å². The number of allylic oxidation sites excluding steroid dienone is 2. The van der Waals surface area contributed by atoms with Gasteiger partial charge in [-0.3, -0.25) is 0 Å². The molecule has 0 radical (unpaired) electrons. The molecule has 8 heteroatoms. The summed E-state index contributed by atoms with van der Waals surface area (Å²) in [6, 6.07) is 6.59. The Balaban J connectivity index is 2.14. The summed E-state index contributed by atoms with van der Waals surface area (Å²) in [7, 11) is -4.62. The van der Waals surface area contributed by atoms with E-state index < -0.39 is 13.9 Å². The van der Waals surface area contributed by atoms with E-state index in [-0.39, 0.29) is 35.6 Å². The molecule has 0 aromatic heterocycles. The lowest BCUT2D eigenvalue weighted by Crippen LogP contribution is -2.21. The van der Waals surface area contributed by atoms with E-state index in [2.05, 4.69) is 4.76 Å². The Morgan fingerprint density at radius 3 is 2.65 bits per heavy atom. The van der Waals surface area contributed by atoms with E-state index in [1.54, 1.807) is 18.2 Å². The minimum atomic E-state index is -4.62. The van der Waals surface area contributed by atoms with Crippen LogP contribution in [0.5, 0.6) is 5.75 Å². The van der Waals surface area contributed by atoms with Gasteiger partial charge in [-0.15, -0.1) is 0 Å². The second-order valence-corrected chi connectivity index (χ2v) is 6.44. The fourth-order valence-corrected chi connectivity index (χ4v) is 2.85. The highest BCUT2D eigenvalue weighted by Gasteiger charge is 2.23. The van der Waals surface area contributed by atoms with Gasteiger partial charge in [-0.1, -0.05) is 12.1 Å². The van der Waals surface area contributed by atoms with Crippen LogP contribution in [0.3, 0.4) is 0 Å². The zero-order valence-electron chi connectivity index (χ0n) is 12.2. The molecule has 0 heterocycles. The molecule has 1 atom stereocenters. The van der Waals surface area contributed by atoms with Crippen molar-refractivity contribution in [2.75, 3.05) is 0 Å². The van der Waals surface area contributed by atoms with Crippen molar-refractivity contribution in [1.29, 1.82) is 0 Å². The lowest BCUT2D eigenvalue weighted by atomic mass is 9.93. The van der Waals surface area contributed by atoms with Crippen LogP contribution < -0.4 is 0 Å². The largest absolute Gasteiger partial charge is 0.508 e. The number of rotatable bonds is 5. The van der Waals surface area contributed by atoms with E-state index >= 15 is 0 Å². The zero-order chi connectivity index (χ0) is 17.0. The summed E-state index contributed by atoms with van der Waals surface area (Å²) in [5, 5.41) is 29.3. The lowest BCUT2D eigenvalue weighted by Gasteiger charge is -2.19. The maximum atomic E-state index is 11.1. The van der Waals surface area contributed by atoms with Crippen LogP contribution in [0.4, 0.5) is 0 Å². The quantitative estimate of drug-likeness (QED) is 0.522. The number of phenolic OH excluding ortho intramolecular Hbond substituents is 1. The highest BCUT2D eigenvalue weighted by atomic mass is 31.2. The first-order valence-electron chi connectivity index (χ1n) is 6.96. The van der Waals surface area contributed by atoms with Crippen molar-refractivity contribution in [3.63, 3.8) is 0 Å². The number of nitrogens with zero attached hydrogens (tertiary/aromatic N) is 1. The zero-order valence-corrected chi connectivity index (χ0v) is 13.1. The number of phenols is 1. The van der Waals surface area contributed by atoms with Gasteiger partial charge in [0.25, 0.3) is 0 Å². The molecule has 0 fully saturated rings. The minimum absolute atomic E-state index is 0.0337. The average molecular weight is 339 g/mol. The molecule has 1 aromatic rings. The predicted octanol–water partition coefficient (Wildman–Crippen LogP) is 1.99. The fourth-order valence-electron chi connectivity index (χ4n) is 2.34. The Bertz CT molecular complexity index is 718. The van der Waals surface area contributed by atoms with Crippen LogP contribution in [0.2, 0.25) is 0 Å². The molecule has 0 saturated carbocycles. The van der Waals surface area contributed by atoms with E-state index in [0.29, 0.717) is 6.42 Å². The van der Waals surface area contributed by atoms with Gasteiger partial charge in [0, 0.05) is 12.0 Å². The second-order valence-electron chi connectivity index (χ2n) is 5.22. The van der Waals surface area contributed by atoms with Gasteiger partial charge in [0.15, 0.2) is 0 Å². The number of aryl methyl sites for hydroxylation is 1. The molecule has 1 aliphatic carbocycles. The number of aliphatic hydroxyl groups is 2. The molecule has 7 nitrogen and oxygen atoms in total. The Morgan fingerprint density at radius 2 is 2.00 bits per heavy atom. The number of aromatic hydroxyl groups is 1. The van der Waals surface area contributed by atoms with Crippen LogP contribution in [0.15, 0.2) is 52.5 Å². The molecule has 1 unspecified atom stereocenters. The second kappa shape index (κ2) is 7.10. The molecule has 0 amide bonds. The van der Waals surface area contributed by atoms with Gasteiger partial charge in [-0.05, 0) is 42.7 Å². The van der Waals surface area contributed by atoms with Crippen LogP contribution in [0.1, 0.15) is 18.4 Å². The lowest BCUT2D eigenvalue weighted by molar-refractivity contribution is 0.205. The highest BCUT2D eigenvalue weighted by Crippen LogP contribution is 2.38. The molecule has 124 valence electrons. The van der Waals surface area contributed by atoms with Gasteiger partial charge < -0.3 is 25.1 Å². The topological polar surface area (TPSA) is 131 Å². The Labute approximate surface area is 133 Å². The Kier molecular flexibility index (Phi) is 5.38. The molecule has 0 saturated heterocycles. The summed E-state index contributed by atoms with van der Waals surface area (Å²) < 4.78 is 14.4. The normalized spacial score (nSPS) is 18.5. The molecule has 1 aliphatic rings. The Morgan fingerprint density at radius 1 is 1.26 bits per heavy atom. The van der Waals surface area contributed by atoms with Gasteiger partial charge in [0.1, 0.15) is 11.5 Å². The van der Waals surface area contributed by atoms with Gasteiger partial charge in [0.2, 0.25) is 0 Å². The molecular formula is C15H18NO6P. The molecule has 23 heavy (non-hydrogen) atoms. The third kappa shape index (κ3) is 5.33. The van der Waals surface area contributed by atoms with Gasteiger partial charge in [-0.25, -0.2) is 4.57 Å². The van der Waals surface area contributed by atoms with Crippen molar-refractivity contribution in [2.24, 2.45) is 4.76 Å². The summed E-state index contributed by atoms with van der Waals surface area (Å²) in [6.07, 6.45) is 2.30. The first-order chi connectivity index (χ1) is 10.7. The standard InChI is InChI=1S/C15H18NO6P/c17-11-3-1-2-10(8-11)4-7-15(19)13-9-12(18)5-6-14(13)16-23(20,21)22/h1-3,5,8-9,15,17-19H,4,6-7H2,(H2,20,21,22). The maximum Gasteiger partial charge on any atom is 0.448 e.